The largest absolute Gasteiger partial charge is 0.322 e. The molecule has 0 aliphatic rings. The molecule has 5 nitrogen and oxygen atoms in total. The van der Waals surface area contributed by atoms with Gasteiger partial charge in [-0.15, -0.1) is 0 Å². The van der Waals surface area contributed by atoms with E-state index in [2.05, 4.69) is 26.0 Å². The summed E-state index contributed by atoms with van der Waals surface area (Å²) < 4.78 is 28.8. The van der Waals surface area contributed by atoms with E-state index < -0.39 is 10.0 Å². The van der Waals surface area contributed by atoms with E-state index in [1.165, 1.54) is 12.1 Å². The third-order valence-corrected chi connectivity index (χ3v) is 6.08. The molecule has 0 fully saturated rings. The quantitative estimate of drug-likeness (QED) is 0.556. The maximum atomic E-state index is 12.6. The van der Waals surface area contributed by atoms with Gasteiger partial charge in [-0.05, 0) is 79.6 Å². The summed E-state index contributed by atoms with van der Waals surface area (Å²) in [5.74, 6) is -0.267. The molecule has 0 saturated carbocycles. The molecule has 0 aliphatic heterocycles. The molecule has 7 heteroatoms. The third-order valence-electron chi connectivity index (χ3n) is 4.17. The second-order valence-corrected chi connectivity index (χ2v) is 9.01. The molecule has 0 bridgehead atoms. The number of benzene rings is 3. The van der Waals surface area contributed by atoms with Gasteiger partial charge in [-0.1, -0.05) is 28.1 Å². The Bertz CT molecular complexity index is 1110. The molecule has 1 amide bonds. The van der Waals surface area contributed by atoms with Crippen LogP contribution in [0.25, 0.3) is 0 Å². The summed E-state index contributed by atoms with van der Waals surface area (Å²) in [5.41, 5.74) is 3.38. The van der Waals surface area contributed by atoms with Crippen molar-refractivity contribution in [3.05, 3.63) is 87.9 Å². The smallest absolute Gasteiger partial charge is 0.261 e. The highest BCUT2D eigenvalue weighted by molar-refractivity contribution is 9.10. The monoisotopic (exact) mass is 458 g/mol. The number of aryl methyl sites for hydroxylation is 2. The van der Waals surface area contributed by atoms with Crippen LogP contribution in [-0.2, 0) is 10.0 Å². The average Bonchev–Trinajstić information content (AvgIpc) is 2.65. The summed E-state index contributed by atoms with van der Waals surface area (Å²) in [5, 5.41) is 2.75. The third kappa shape index (κ3) is 4.79. The lowest BCUT2D eigenvalue weighted by molar-refractivity contribution is 0.102. The molecule has 3 rings (SSSR count). The van der Waals surface area contributed by atoms with Crippen LogP contribution in [0.3, 0.4) is 0 Å². The molecule has 0 aliphatic carbocycles. The van der Waals surface area contributed by atoms with Crippen LogP contribution in [-0.4, -0.2) is 14.3 Å². The van der Waals surface area contributed by atoms with Gasteiger partial charge in [0, 0.05) is 15.7 Å². The van der Waals surface area contributed by atoms with Crippen molar-refractivity contribution >= 4 is 43.2 Å². The van der Waals surface area contributed by atoms with E-state index in [-0.39, 0.29) is 10.8 Å². The van der Waals surface area contributed by atoms with Crippen molar-refractivity contribution in [2.45, 2.75) is 18.7 Å². The predicted molar refractivity (Wildman–Crippen MR) is 115 cm³/mol. The number of carbonyl (C=O) groups is 1. The maximum Gasteiger partial charge on any atom is 0.261 e. The van der Waals surface area contributed by atoms with Gasteiger partial charge in [-0.25, -0.2) is 8.42 Å². The van der Waals surface area contributed by atoms with Crippen molar-refractivity contribution in [2.75, 3.05) is 10.0 Å². The molecule has 28 heavy (non-hydrogen) atoms. The van der Waals surface area contributed by atoms with Gasteiger partial charge in [-0.3, -0.25) is 9.52 Å². The molecular formula is C21H19BrN2O3S. The van der Waals surface area contributed by atoms with Crippen molar-refractivity contribution in [2.24, 2.45) is 0 Å². The van der Waals surface area contributed by atoms with Crippen LogP contribution in [0.1, 0.15) is 21.5 Å². The first-order valence-electron chi connectivity index (χ1n) is 8.52. The zero-order chi connectivity index (χ0) is 20.3. The highest BCUT2D eigenvalue weighted by Crippen LogP contribution is 2.22. The van der Waals surface area contributed by atoms with E-state index in [0.29, 0.717) is 16.9 Å². The van der Waals surface area contributed by atoms with Crippen molar-refractivity contribution in [3.63, 3.8) is 0 Å². The number of hydrogen-bond donors (Lipinski definition) is 2. The van der Waals surface area contributed by atoms with Crippen molar-refractivity contribution in [1.29, 1.82) is 0 Å². The number of sulfonamides is 1. The number of carbonyl (C=O) groups excluding carboxylic acids is 1. The topological polar surface area (TPSA) is 75.3 Å². The van der Waals surface area contributed by atoms with Crippen molar-refractivity contribution < 1.29 is 13.2 Å². The Kier molecular flexibility index (Phi) is 5.86. The van der Waals surface area contributed by atoms with E-state index in [0.717, 1.165) is 15.6 Å². The minimum Gasteiger partial charge on any atom is -0.322 e. The zero-order valence-corrected chi connectivity index (χ0v) is 17.8. The molecule has 0 aromatic heterocycles. The Balaban J connectivity index is 1.75. The molecule has 0 atom stereocenters. The van der Waals surface area contributed by atoms with Crippen LogP contribution < -0.4 is 10.0 Å². The summed E-state index contributed by atoms with van der Waals surface area (Å²) in [6, 6.07) is 18.6. The van der Waals surface area contributed by atoms with Crippen LogP contribution in [0.15, 0.2) is 76.1 Å². The van der Waals surface area contributed by atoms with Gasteiger partial charge in [-0.2, -0.15) is 0 Å². The molecule has 0 radical (unpaired) electrons. The summed E-state index contributed by atoms with van der Waals surface area (Å²) in [7, 11) is -3.72. The molecule has 0 saturated heterocycles. The highest BCUT2D eigenvalue weighted by atomic mass is 79.9. The first-order chi connectivity index (χ1) is 13.2. The molecule has 0 heterocycles. The van der Waals surface area contributed by atoms with E-state index in [1.807, 2.05) is 26.0 Å². The Morgan fingerprint density at radius 2 is 1.54 bits per heavy atom. The number of halogens is 1. The minimum atomic E-state index is -3.72. The predicted octanol–water partition coefficient (Wildman–Crippen LogP) is 5.12. The lowest BCUT2D eigenvalue weighted by atomic mass is 10.1. The fourth-order valence-electron chi connectivity index (χ4n) is 2.57. The first-order valence-corrected chi connectivity index (χ1v) is 10.8. The number of amides is 1. The second-order valence-electron chi connectivity index (χ2n) is 6.41. The fraction of sp³-hybridized carbons (Fsp3) is 0.0952. The van der Waals surface area contributed by atoms with E-state index in [9.17, 15) is 13.2 Å². The van der Waals surface area contributed by atoms with Gasteiger partial charge >= 0.3 is 0 Å². The summed E-state index contributed by atoms with van der Waals surface area (Å²) >= 11 is 3.33. The van der Waals surface area contributed by atoms with Gasteiger partial charge in [0.15, 0.2) is 0 Å². The Labute approximate surface area is 173 Å². The molecule has 0 spiro atoms. The lowest BCUT2D eigenvalue weighted by Crippen LogP contribution is -2.15. The van der Waals surface area contributed by atoms with Crippen LogP contribution in [0.4, 0.5) is 11.4 Å². The SMILES string of the molecule is Cc1ccc(C)c(NS(=O)(=O)c2ccc(NC(=O)c3ccc(Br)cc3)cc2)c1. The maximum absolute atomic E-state index is 12.6. The second kappa shape index (κ2) is 8.16. The molecule has 0 unspecified atom stereocenters. The Morgan fingerprint density at radius 3 is 2.18 bits per heavy atom. The van der Waals surface area contributed by atoms with Crippen molar-refractivity contribution in [1.82, 2.24) is 0 Å². The number of nitrogens with one attached hydrogen (secondary N) is 2. The lowest BCUT2D eigenvalue weighted by Gasteiger charge is -2.12. The van der Waals surface area contributed by atoms with Gasteiger partial charge in [0.25, 0.3) is 15.9 Å². The number of hydrogen-bond acceptors (Lipinski definition) is 3. The van der Waals surface area contributed by atoms with Crippen LogP contribution in [0.2, 0.25) is 0 Å². The molecule has 2 N–H and O–H groups in total. The van der Waals surface area contributed by atoms with E-state index >= 15 is 0 Å². The highest BCUT2D eigenvalue weighted by Gasteiger charge is 2.16. The summed E-state index contributed by atoms with van der Waals surface area (Å²) in [4.78, 5) is 12.4. The Morgan fingerprint density at radius 1 is 0.893 bits per heavy atom. The van der Waals surface area contributed by atoms with Crippen molar-refractivity contribution in [3.8, 4) is 0 Å². The molecule has 3 aromatic carbocycles. The minimum absolute atomic E-state index is 0.120. The average molecular weight is 459 g/mol. The molecule has 144 valence electrons. The first kappa shape index (κ1) is 20.1. The van der Waals surface area contributed by atoms with Crippen LogP contribution in [0.5, 0.6) is 0 Å². The van der Waals surface area contributed by atoms with Gasteiger partial charge in [0.2, 0.25) is 0 Å². The summed E-state index contributed by atoms with van der Waals surface area (Å²) in [6.45, 7) is 3.75. The van der Waals surface area contributed by atoms with Crippen LogP contribution >= 0.6 is 15.9 Å². The van der Waals surface area contributed by atoms with Crippen LogP contribution in [0, 0.1) is 13.8 Å². The van der Waals surface area contributed by atoms with E-state index in [4.69, 9.17) is 0 Å². The molecule has 3 aromatic rings. The van der Waals surface area contributed by atoms with Gasteiger partial charge in [0.05, 0.1) is 10.6 Å². The number of anilines is 2. The molecular weight excluding hydrogens is 440 g/mol. The standard InChI is InChI=1S/C21H19BrN2O3S/c1-14-3-4-15(2)20(13-14)24-28(26,27)19-11-9-18(10-12-19)23-21(25)16-5-7-17(22)8-6-16/h3-13,24H,1-2H3,(H,23,25). The normalized spacial score (nSPS) is 11.1. The summed E-state index contributed by atoms with van der Waals surface area (Å²) in [6.07, 6.45) is 0. The van der Waals surface area contributed by atoms with Gasteiger partial charge in [0.1, 0.15) is 0 Å². The van der Waals surface area contributed by atoms with E-state index in [1.54, 1.807) is 42.5 Å². The number of rotatable bonds is 5. The van der Waals surface area contributed by atoms with Gasteiger partial charge < -0.3 is 5.32 Å². The fourth-order valence-corrected chi connectivity index (χ4v) is 3.96. The zero-order valence-electron chi connectivity index (χ0n) is 15.4. The Hall–Kier alpha value is -2.64.